The van der Waals surface area contributed by atoms with Crippen molar-refractivity contribution in [3.63, 3.8) is 0 Å². The average molecular weight is 357 g/mol. The molecule has 0 N–H and O–H groups in total. The topological polar surface area (TPSA) is 57.7 Å². The highest BCUT2D eigenvalue weighted by atomic mass is 35.5. The van der Waals surface area contributed by atoms with Crippen LogP contribution < -0.4 is 4.90 Å². The summed E-state index contributed by atoms with van der Waals surface area (Å²) >= 11 is 6.04. The smallest absolute Gasteiger partial charge is 0.241 e. The summed E-state index contributed by atoms with van der Waals surface area (Å²) in [6.45, 7) is 5.13. The molecule has 1 aromatic carbocycles. The van der Waals surface area contributed by atoms with Gasteiger partial charge in [0.05, 0.1) is 24.1 Å². The van der Waals surface area contributed by atoms with Crippen LogP contribution in [0.15, 0.2) is 24.3 Å². The molecule has 2 fully saturated rings. The van der Waals surface area contributed by atoms with E-state index in [0.717, 1.165) is 6.54 Å². The zero-order valence-corrected chi connectivity index (χ0v) is 14.8. The van der Waals surface area contributed by atoms with E-state index in [4.69, 9.17) is 11.6 Å². The molecule has 2 aliphatic heterocycles. The molecule has 1 amide bonds. The molecule has 126 valence electrons. The van der Waals surface area contributed by atoms with Crippen molar-refractivity contribution in [2.75, 3.05) is 29.5 Å². The van der Waals surface area contributed by atoms with Crippen molar-refractivity contribution in [1.29, 1.82) is 0 Å². The van der Waals surface area contributed by atoms with Crippen LogP contribution in [0.3, 0.4) is 0 Å². The Morgan fingerprint density at radius 3 is 2.61 bits per heavy atom. The quantitative estimate of drug-likeness (QED) is 0.828. The number of piperazine rings is 1. The second kappa shape index (κ2) is 6.07. The highest BCUT2D eigenvalue weighted by Crippen LogP contribution is 2.32. The van der Waals surface area contributed by atoms with Gasteiger partial charge in [-0.2, -0.15) is 0 Å². The van der Waals surface area contributed by atoms with Gasteiger partial charge in [0.1, 0.15) is 0 Å². The standard InChI is InChI=1S/C16H21ClN2O3S/c1-11(2)7-18-8-16(20)19(13-5-3-4-12(17)6-13)15-10-23(21,22)9-14(15)18/h3-6,11,14-15H,7-10H2,1-2H3/t14-,15+/m1/s1. The lowest BCUT2D eigenvalue weighted by molar-refractivity contribution is -0.123. The van der Waals surface area contributed by atoms with Crippen molar-refractivity contribution in [3.05, 3.63) is 29.3 Å². The average Bonchev–Trinajstić information content (AvgIpc) is 2.73. The minimum atomic E-state index is -3.14. The number of amides is 1. The fourth-order valence-electron chi connectivity index (χ4n) is 3.59. The summed E-state index contributed by atoms with van der Waals surface area (Å²) in [4.78, 5) is 16.4. The van der Waals surface area contributed by atoms with Gasteiger partial charge in [0.15, 0.2) is 9.84 Å². The minimum Gasteiger partial charge on any atom is -0.306 e. The van der Waals surface area contributed by atoms with Gasteiger partial charge in [0.2, 0.25) is 5.91 Å². The molecule has 5 nitrogen and oxygen atoms in total. The Bertz CT molecular complexity index is 720. The third kappa shape index (κ3) is 3.39. The molecule has 2 atom stereocenters. The first kappa shape index (κ1) is 16.7. The van der Waals surface area contributed by atoms with Crippen LogP contribution in [0.1, 0.15) is 13.8 Å². The lowest BCUT2D eigenvalue weighted by atomic mass is 10.0. The summed E-state index contributed by atoms with van der Waals surface area (Å²) < 4.78 is 24.4. The summed E-state index contributed by atoms with van der Waals surface area (Å²) in [6, 6.07) is 6.58. The molecule has 0 saturated carbocycles. The number of nitrogens with zero attached hydrogens (tertiary/aromatic N) is 2. The number of anilines is 1. The van der Waals surface area contributed by atoms with Crippen LogP contribution in [-0.2, 0) is 14.6 Å². The van der Waals surface area contributed by atoms with E-state index < -0.39 is 9.84 Å². The Balaban J connectivity index is 1.98. The molecule has 0 spiro atoms. The summed E-state index contributed by atoms with van der Waals surface area (Å²) in [5.41, 5.74) is 0.679. The third-order valence-electron chi connectivity index (χ3n) is 4.39. The van der Waals surface area contributed by atoms with Crippen LogP contribution in [0.4, 0.5) is 5.69 Å². The molecule has 23 heavy (non-hydrogen) atoms. The predicted octanol–water partition coefficient (Wildman–Crippen LogP) is 1.81. The molecule has 0 unspecified atom stereocenters. The highest BCUT2D eigenvalue weighted by Gasteiger charge is 2.49. The summed E-state index contributed by atoms with van der Waals surface area (Å²) in [5.74, 6) is 0.454. The maximum absolute atomic E-state index is 12.7. The van der Waals surface area contributed by atoms with Crippen molar-refractivity contribution >= 4 is 33.0 Å². The van der Waals surface area contributed by atoms with Gasteiger partial charge in [-0.3, -0.25) is 9.69 Å². The monoisotopic (exact) mass is 356 g/mol. The first-order valence-electron chi connectivity index (χ1n) is 7.79. The molecule has 1 aromatic rings. The number of carbonyl (C=O) groups excluding carboxylic acids is 1. The Morgan fingerprint density at radius 1 is 1.26 bits per heavy atom. The van der Waals surface area contributed by atoms with Gasteiger partial charge in [-0.1, -0.05) is 31.5 Å². The molecule has 0 aliphatic carbocycles. The second-order valence-electron chi connectivity index (χ2n) is 6.78. The van der Waals surface area contributed by atoms with Crippen molar-refractivity contribution in [2.24, 2.45) is 5.92 Å². The van der Waals surface area contributed by atoms with E-state index in [1.54, 1.807) is 23.1 Å². The van der Waals surface area contributed by atoms with Crippen LogP contribution in [0.25, 0.3) is 0 Å². The van der Waals surface area contributed by atoms with E-state index in [-0.39, 0.29) is 36.0 Å². The molecule has 0 aromatic heterocycles. The van der Waals surface area contributed by atoms with Crippen LogP contribution in [0, 0.1) is 5.92 Å². The Hall–Kier alpha value is -1.11. The zero-order valence-electron chi connectivity index (χ0n) is 13.3. The first-order valence-corrected chi connectivity index (χ1v) is 9.99. The third-order valence-corrected chi connectivity index (χ3v) is 6.32. The molecule has 3 rings (SSSR count). The fourth-order valence-corrected chi connectivity index (χ4v) is 5.75. The number of carbonyl (C=O) groups is 1. The van der Waals surface area contributed by atoms with Gasteiger partial charge in [-0.05, 0) is 24.1 Å². The fraction of sp³-hybridized carbons (Fsp3) is 0.562. The molecule has 2 heterocycles. The molecule has 2 aliphatic rings. The van der Waals surface area contributed by atoms with Crippen LogP contribution >= 0.6 is 11.6 Å². The van der Waals surface area contributed by atoms with E-state index in [1.165, 1.54) is 0 Å². The SMILES string of the molecule is CC(C)CN1CC(=O)N(c2cccc(Cl)c2)[C@H]2CS(=O)(=O)C[C@H]21. The Labute approximate surface area is 142 Å². The molecular formula is C16H21ClN2O3S. The summed E-state index contributed by atoms with van der Waals surface area (Å²) in [5, 5.41) is 0.539. The van der Waals surface area contributed by atoms with E-state index in [2.05, 4.69) is 13.8 Å². The number of rotatable bonds is 3. The highest BCUT2D eigenvalue weighted by molar-refractivity contribution is 7.91. The minimum absolute atomic E-state index is 0.0184. The largest absolute Gasteiger partial charge is 0.306 e. The number of hydrogen-bond acceptors (Lipinski definition) is 4. The molecular weight excluding hydrogens is 336 g/mol. The van der Waals surface area contributed by atoms with Crippen LogP contribution in [-0.4, -0.2) is 55.9 Å². The Morgan fingerprint density at radius 2 is 1.96 bits per heavy atom. The number of halogens is 1. The molecule has 2 saturated heterocycles. The van der Waals surface area contributed by atoms with E-state index in [1.807, 2.05) is 11.0 Å². The molecule has 0 bridgehead atoms. The lowest BCUT2D eigenvalue weighted by Gasteiger charge is -2.44. The summed E-state index contributed by atoms with van der Waals surface area (Å²) in [7, 11) is -3.14. The molecule has 7 heteroatoms. The Kier molecular flexibility index (Phi) is 4.42. The number of benzene rings is 1. The van der Waals surface area contributed by atoms with Gasteiger partial charge in [-0.25, -0.2) is 8.42 Å². The first-order chi connectivity index (χ1) is 10.8. The second-order valence-corrected chi connectivity index (χ2v) is 9.37. The van der Waals surface area contributed by atoms with Crippen LogP contribution in [0.5, 0.6) is 0 Å². The van der Waals surface area contributed by atoms with E-state index in [9.17, 15) is 13.2 Å². The normalized spacial score (nSPS) is 27.5. The maximum atomic E-state index is 12.7. The predicted molar refractivity (Wildman–Crippen MR) is 91.6 cm³/mol. The summed E-state index contributed by atoms with van der Waals surface area (Å²) in [6.07, 6.45) is 0. The van der Waals surface area contributed by atoms with Crippen molar-refractivity contribution < 1.29 is 13.2 Å². The van der Waals surface area contributed by atoms with Crippen LogP contribution in [0.2, 0.25) is 5.02 Å². The number of hydrogen-bond donors (Lipinski definition) is 0. The van der Waals surface area contributed by atoms with E-state index >= 15 is 0 Å². The number of sulfone groups is 1. The number of fused-ring (bicyclic) bond motifs is 1. The van der Waals surface area contributed by atoms with Crippen molar-refractivity contribution in [3.8, 4) is 0 Å². The zero-order chi connectivity index (χ0) is 16.8. The lowest BCUT2D eigenvalue weighted by Crippen LogP contribution is -2.62. The van der Waals surface area contributed by atoms with Gasteiger partial charge < -0.3 is 4.90 Å². The van der Waals surface area contributed by atoms with E-state index in [0.29, 0.717) is 16.6 Å². The van der Waals surface area contributed by atoms with Gasteiger partial charge in [-0.15, -0.1) is 0 Å². The maximum Gasteiger partial charge on any atom is 0.241 e. The molecule has 0 radical (unpaired) electrons. The van der Waals surface area contributed by atoms with Gasteiger partial charge in [0.25, 0.3) is 0 Å². The van der Waals surface area contributed by atoms with Crippen molar-refractivity contribution in [1.82, 2.24) is 4.90 Å². The van der Waals surface area contributed by atoms with Gasteiger partial charge >= 0.3 is 0 Å². The van der Waals surface area contributed by atoms with Gasteiger partial charge in [0, 0.05) is 23.3 Å². The van der Waals surface area contributed by atoms with Crippen molar-refractivity contribution in [2.45, 2.75) is 25.9 Å².